The summed E-state index contributed by atoms with van der Waals surface area (Å²) < 4.78 is 62.8. The van der Waals surface area contributed by atoms with Crippen molar-refractivity contribution < 1.29 is 21.6 Å². The summed E-state index contributed by atoms with van der Waals surface area (Å²) in [6, 6.07) is 4.02. The van der Waals surface area contributed by atoms with Gasteiger partial charge in [-0.05, 0) is 45.4 Å². The first-order valence-corrected chi connectivity index (χ1v) is 9.11. The number of hydrogen-bond acceptors (Lipinski definition) is 4. The second-order valence-electron chi connectivity index (χ2n) is 4.06. The minimum atomic E-state index is -4.57. The summed E-state index contributed by atoms with van der Waals surface area (Å²) in [5.41, 5.74) is -4.66. The third kappa shape index (κ3) is 5.31. The van der Waals surface area contributed by atoms with Crippen molar-refractivity contribution in [3.8, 4) is 6.07 Å². The molecule has 1 aromatic carbocycles. The van der Waals surface area contributed by atoms with Gasteiger partial charge in [-0.15, -0.1) is 0 Å². The summed E-state index contributed by atoms with van der Waals surface area (Å²) in [6.07, 6.45) is 0. The molecule has 4 nitrogen and oxygen atoms in total. The Morgan fingerprint density at radius 1 is 1.45 bits per heavy atom. The van der Waals surface area contributed by atoms with E-state index in [1.54, 1.807) is 6.07 Å². The van der Waals surface area contributed by atoms with Gasteiger partial charge >= 0.3 is 5.51 Å². The number of alkyl halides is 3. The number of hydrogen-bond donors (Lipinski definition) is 0. The van der Waals surface area contributed by atoms with E-state index in [9.17, 15) is 21.6 Å². The number of nitriles is 1. The van der Waals surface area contributed by atoms with Crippen LogP contribution in [-0.4, -0.2) is 31.8 Å². The highest BCUT2D eigenvalue weighted by molar-refractivity contribution is 9.10. The van der Waals surface area contributed by atoms with Gasteiger partial charge in [0.1, 0.15) is 6.54 Å². The van der Waals surface area contributed by atoms with Crippen LogP contribution in [0.3, 0.4) is 0 Å². The van der Waals surface area contributed by atoms with Gasteiger partial charge in [0.2, 0.25) is 10.0 Å². The van der Waals surface area contributed by atoms with Crippen molar-refractivity contribution in [3.05, 3.63) is 27.2 Å². The van der Waals surface area contributed by atoms with E-state index in [2.05, 4.69) is 15.9 Å². The average molecular weight is 438 g/mol. The van der Waals surface area contributed by atoms with Crippen LogP contribution >= 0.6 is 39.3 Å². The largest absolute Gasteiger partial charge is 0.446 e. The Morgan fingerprint density at radius 2 is 2.05 bits per heavy atom. The molecule has 0 saturated carbocycles. The third-order valence-electron chi connectivity index (χ3n) is 2.47. The zero-order valence-electron chi connectivity index (χ0n) is 11.0. The van der Waals surface area contributed by atoms with Crippen LogP contribution in [0.25, 0.3) is 0 Å². The highest BCUT2D eigenvalue weighted by Gasteiger charge is 2.32. The van der Waals surface area contributed by atoms with E-state index < -0.39 is 39.6 Å². The molecule has 0 aromatic heterocycles. The molecule has 0 unspecified atom stereocenters. The number of rotatable bonds is 5. The highest BCUT2D eigenvalue weighted by Crippen LogP contribution is 2.42. The Hall–Kier alpha value is -0.470. The number of sulfonamides is 1. The standard InChI is InChI=1S/C11H9BrClF3N2O2S2/c1-18(5-4-17)22(19,20)6-7-9(21-11(14,15)16)3-2-8(13)10(7)12/h2-3H,5-6H2,1H3. The molecular formula is C11H9BrClF3N2O2S2. The molecule has 0 spiro atoms. The Kier molecular flexibility index (Phi) is 6.58. The SMILES string of the molecule is CN(CC#N)S(=O)(=O)Cc1c(SC(F)(F)F)ccc(Cl)c1Br. The van der Waals surface area contributed by atoms with Crippen molar-refractivity contribution in [2.45, 2.75) is 16.2 Å². The molecular weight excluding hydrogens is 429 g/mol. The lowest BCUT2D eigenvalue weighted by molar-refractivity contribution is -0.0328. The van der Waals surface area contributed by atoms with Crippen LogP contribution in [0.2, 0.25) is 5.02 Å². The molecule has 0 radical (unpaired) electrons. The smallest absolute Gasteiger partial charge is 0.212 e. The lowest BCUT2D eigenvalue weighted by atomic mass is 10.2. The molecule has 0 heterocycles. The Balaban J connectivity index is 3.28. The number of thioether (sulfide) groups is 1. The molecule has 0 amide bonds. The van der Waals surface area contributed by atoms with Gasteiger partial charge in [-0.1, -0.05) is 11.6 Å². The van der Waals surface area contributed by atoms with Crippen LogP contribution in [0, 0.1) is 11.3 Å². The molecule has 0 fully saturated rings. The molecule has 0 bridgehead atoms. The molecule has 1 aromatic rings. The Bertz CT molecular complexity index is 705. The van der Waals surface area contributed by atoms with Gasteiger partial charge in [0, 0.05) is 16.4 Å². The normalized spacial score (nSPS) is 12.5. The fraction of sp³-hybridized carbons (Fsp3) is 0.364. The predicted octanol–water partition coefficient (Wildman–Crippen LogP) is 4.00. The van der Waals surface area contributed by atoms with Crippen molar-refractivity contribution in [2.75, 3.05) is 13.6 Å². The van der Waals surface area contributed by atoms with Crippen LogP contribution in [0.1, 0.15) is 5.56 Å². The van der Waals surface area contributed by atoms with E-state index in [0.717, 1.165) is 10.4 Å². The van der Waals surface area contributed by atoms with Crippen LogP contribution in [0.5, 0.6) is 0 Å². The highest BCUT2D eigenvalue weighted by atomic mass is 79.9. The fourth-order valence-corrected chi connectivity index (χ4v) is 4.31. The Labute approximate surface area is 143 Å². The summed E-state index contributed by atoms with van der Waals surface area (Å²) >= 11 is 8.43. The molecule has 11 heteroatoms. The van der Waals surface area contributed by atoms with Crippen molar-refractivity contribution in [1.29, 1.82) is 5.26 Å². The van der Waals surface area contributed by atoms with E-state index in [1.807, 2.05) is 0 Å². The second kappa shape index (κ2) is 7.40. The molecule has 1 rings (SSSR count). The van der Waals surface area contributed by atoms with Gasteiger partial charge in [-0.3, -0.25) is 0 Å². The van der Waals surface area contributed by atoms with Crippen LogP contribution < -0.4 is 0 Å². The molecule has 0 atom stereocenters. The number of halogens is 5. The quantitative estimate of drug-likeness (QED) is 0.516. The van der Waals surface area contributed by atoms with E-state index in [1.165, 1.54) is 13.1 Å². The van der Waals surface area contributed by atoms with Crippen LogP contribution in [0.15, 0.2) is 21.5 Å². The van der Waals surface area contributed by atoms with Gasteiger partial charge in [0.05, 0.1) is 16.8 Å². The second-order valence-corrected chi connectivity index (χ2v) is 8.44. The van der Waals surface area contributed by atoms with Crippen LogP contribution in [0.4, 0.5) is 13.2 Å². The van der Waals surface area contributed by atoms with Crippen molar-refractivity contribution >= 4 is 49.3 Å². The van der Waals surface area contributed by atoms with E-state index >= 15 is 0 Å². The summed E-state index contributed by atoms with van der Waals surface area (Å²) in [4.78, 5) is -0.266. The lowest BCUT2D eigenvalue weighted by Crippen LogP contribution is -2.28. The van der Waals surface area contributed by atoms with Crippen LogP contribution in [-0.2, 0) is 15.8 Å². The molecule has 0 aliphatic carbocycles. The molecule has 0 aliphatic heterocycles. The summed E-state index contributed by atoms with van der Waals surface area (Å²) in [7, 11) is -2.78. The van der Waals surface area contributed by atoms with Gasteiger partial charge in [0.25, 0.3) is 0 Å². The van der Waals surface area contributed by atoms with Gasteiger partial charge in [-0.2, -0.15) is 22.7 Å². The Morgan fingerprint density at radius 3 is 2.55 bits per heavy atom. The monoisotopic (exact) mass is 436 g/mol. The zero-order valence-corrected chi connectivity index (χ0v) is 15.0. The number of benzene rings is 1. The third-order valence-corrected chi connectivity index (χ3v) is 6.49. The van der Waals surface area contributed by atoms with Crippen molar-refractivity contribution in [2.24, 2.45) is 0 Å². The minimum Gasteiger partial charge on any atom is -0.212 e. The lowest BCUT2D eigenvalue weighted by Gasteiger charge is -2.17. The first kappa shape index (κ1) is 19.6. The summed E-state index contributed by atoms with van der Waals surface area (Å²) in [5.74, 6) is -0.704. The van der Waals surface area contributed by atoms with E-state index in [4.69, 9.17) is 16.9 Å². The first-order chi connectivity index (χ1) is 9.98. The molecule has 0 N–H and O–H groups in total. The molecule has 122 valence electrons. The maximum atomic E-state index is 12.6. The summed E-state index contributed by atoms with van der Waals surface area (Å²) in [5, 5.41) is 8.63. The predicted molar refractivity (Wildman–Crippen MR) is 81.9 cm³/mol. The van der Waals surface area contributed by atoms with Gasteiger partial charge in [-0.25, -0.2) is 8.42 Å². The topological polar surface area (TPSA) is 61.2 Å². The minimum absolute atomic E-state index is 0.0809. The van der Waals surface area contributed by atoms with Crippen molar-refractivity contribution in [1.82, 2.24) is 4.31 Å². The number of nitrogens with zero attached hydrogens (tertiary/aromatic N) is 2. The fourth-order valence-electron chi connectivity index (χ4n) is 1.42. The first-order valence-electron chi connectivity index (χ1n) is 5.51. The molecule has 22 heavy (non-hydrogen) atoms. The average Bonchev–Trinajstić information content (AvgIpc) is 2.37. The van der Waals surface area contributed by atoms with Gasteiger partial charge < -0.3 is 0 Å². The zero-order chi connectivity index (χ0) is 17.1. The molecule has 0 aliphatic rings. The van der Waals surface area contributed by atoms with Gasteiger partial charge in [0.15, 0.2) is 0 Å². The maximum Gasteiger partial charge on any atom is 0.446 e. The summed E-state index contributed by atoms with van der Waals surface area (Å²) in [6.45, 7) is -0.401. The molecule has 0 saturated heterocycles. The van der Waals surface area contributed by atoms with E-state index in [-0.39, 0.29) is 20.0 Å². The van der Waals surface area contributed by atoms with E-state index in [0.29, 0.717) is 0 Å². The maximum absolute atomic E-state index is 12.6. The van der Waals surface area contributed by atoms with Crippen molar-refractivity contribution in [3.63, 3.8) is 0 Å².